The first-order valence-corrected chi connectivity index (χ1v) is 8.11. The Hall–Kier alpha value is -1.68. The molecule has 0 spiro atoms. The zero-order valence-electron chi connectivity index (χ0n) is 13.5. The van der Waals surface area contributed by atoms with Crippen LogP contribution in [-0.2, 0) is 11.2 Å². The van der Waals surface area contributed by atoms with Crippen molar-refractivity contribution >= 4 is 11.7 Å². The normalized spacial score (nSPS) is 18.0. The van der Waals surface area contributed by atoms with Gasteiger partial charge in [0.25, 0.3) is 0 Å². The fraction of sp³-hybridized carbons (Fsp3) is 0.556. The molecule has 0 saturated carbocycles. The second-order valence-corrected chi connectivity index (χ2v) is 6.61. The molecule has 1 fully saturated rings. The number of ketones is 1. The van der Waals surface area contributed by atoms with Gasteiger partial charge in [-0.1, -0.05) is 38.1 Å². The lowest BCUT2D eigenvalue weighted by Gasteiger charge is -2.15. The summed E-state index contributed by atoms with van der Waals surface area (Å²) < 4.78 is 0. The van der Waals surface area contributed by atoms with Crippen LogP contribution in [-0.4, -0.2) is 35.7 Å². The maximum absolute atomic E-state index is 12.2. The van der Waals surface area contributed by atoms with Crippen molar-refractivity contribution in [2.75, 3.05) is 13.1 Å². The summed E-state index contributed by atoms with van der Waals surface area (Å²) >= 11 is 0. The third-order valence-electron chi connectivity index (χ3n) is 4.06. The van der Waals surface area contributed by atoms with Crippen LogP contribution in [0.1, 0.15) is 49.0 Å². The molecule has 1 saturated heterocycles. The fourth-order valence-electron chi connectivity index (χ4n) is 2.83. The molecule has 0 bridgehead atoms. The molecule has 1 aliphatic rings. The highest BCUT2D eigenvalue weighted by molar-refractivity contribution is 5.98. The largest absolute Gasteiger partial charge is 0.341 e. The molecule has 4 nitrogen and oxygen atoms in total. The van der Waals surface area contributed by atoms with Gasteiger partial charge in [0.05, 0.1) is 0 Å². The number of carbonyl (C=O) groups excluding carboxylic acids is 2. The van der Waals surface area contributed by atoms with Crippen LogP contribution in [0, 0.1) is 5.92 Å². The standard InChI is InChI=1S/C18H26N2O2/c1-13(2)11-14-3-5-15(6-4-14)17(21)7-8-18(22)20-10-9-16(19)12-20/h3-6,13,16H,7-12,19H2,1-2H3/t16-/m1/s1. The molecule has 1 aromatic carbocycles. The van der Waals surface area contributed by atoms with Crippen LogP contribution in [0.4, 0.5) is 0 Å². The first-order chi connectivity index (χ1) is 10.5. The predicted molar refractivity (Wildman–Crippen MR) is 87.7 cm³/mol. The lowest BCUT2D eigenvalue weighted by molar-refractivity contribution is -0.130. The molecule has 1 aromatic rings. The highest BCUT2D eigenvalue weighted by Crippen LogP contribution is 2.14. The van der Waals surface area contributed by atoms with E-state index in [9.17, 15) is 9.59 Å². The molecular weight excluding hydrogens is 276 g/mol. The average Bonchev–Trinajstić information content (AvgIpc) is 2.91. The van der Waals surface area contributed by atoms with Crippen molar-refractivity contribution < 1.29 is 9.59 Å². The molecule has 2 N–H and O–H groups in total. The van der Waals surface area contributed by atoms with Gasteiger partial charge in [0, 0.05) is 37.5 Å². The summed E-state index contributed by atoms with van der Waals surface area (Å²) in [7, 11) is 0. The van der Waals surface area contributed by atoms with E-state index in [4.69, 9.17) is 5.73 Å². The predicted octanol–water partition coefficient (Wildman–Crippen LogP) is 2.41. The Balaban J connectivity index is 1.83. The van der Waals surface area contributed by atoms with Crippen LogP contribution < -0.4 is 5.73 Å². The minimum Gasteiger partial charge on any atom is -0.341 e. The van der Waals surface area contributed by atoms with Crippen LogP contribution in [0.5, 0.6) is 0 Å². The van der Waals surface area contributed by atoms with Gasteiger partial charge in [0.1, 0.15) is 0 Å². The lowest BCUT2D eigenvalue weighted by atomic mass is 9.99. The molecule has 0 aliphatic carbocycles. The number of nitrogens with zero attached hydrogens (tertiary/aromatic N) is 1. The van der Waals surface area contributed by atoms with Crippen LogP contribution >= 0.6 is 0 Å². The molecule has 0 radical (unpaired) electrons. The van der Waals surface area contributed by atoms with E-state index in [2.05, 4.69) is 13.8 Å². The van der Waals surface area contributed by atoms with Crippen molar-refractivity contribution in [2.24, 2.45) is 11.7 Å². The smallest absolute Gasteiger partial charge is 0.223 e. The van der Waals surface area contributed by atoms with Crippen LogP contribution in [0.2, 0.25) is 0 Å². The van der Waals surface area contributed by atoms with Gasteiger partial charge in [-0.2, -0.15) is 0 Å². The highest BCUT2D eigenvalue weighted by Gasteiger charge is 2.23. The number of hydrogen-bond acceptors (Lipinski definition) is 3. The number of amides is 1. The summed E-state index contributed by atoms with van der Waals surface area (Å²) in [5.74, 6) is 0.677. The Bertz CT molecular complexity index is 522. The lowest BCUT2D eigenvalue weighted by Crippen LogP contribution is -2.32. The molecule has 1 amide bonds. The number of benzene rings is 1. The number of nitrogens with two attached hydrogens (primary N) is 1. The topological polar surface area (TPSA) is 63.4 Å². The zero-order valence-corrected chi connectivity index (χ0v) is 13.5. The number of Topliss-reactive ketones (excluding diaryl/α,β-unsaturated/α-hetero) is 1. The summed E-state index contributed by atoms with van der Waals surface area (Å²) in [6.07, 6.45) is 2.42. The van der Waals surface area contributed by atoms with Crippen molar-refractivity contribution in [3.63, 3.8) is 0 Å². The number of likely N-dealkylation sites (tertiary alicyclic amines) is 1. The summed E-state index contributed by atoms with van der Waals surface area (Å²) in [4.78, 5) is 26.0. The molecule has 1 aliphatic heterocycles. The van der Waals surface area contributed by atoms with Gasteiger partial charge in [0.2, 0.25) is 5.91 Å². The van der Waals surface area contributed by atoms with E-state index >= 15 is 0 Å². The summed E-state index contributed by atoms with van der Waals surface area (Å²) in [5.41, 5.74) is 7.73. The molecule has 22 heavy (non-hydrogen) atoms. The Morgan fingerprint density at radius 2 is 1.91 bits per heavy atom. The third-order valence-corrected chi connectivity index (χ3v) is 4.06. The Labute approximate surface area is 132 Å². The van der Waals surface area contributed by atoms with Gasteiger partial charge in [-0.3, -0.25) is 9.59 Å². The van der Waals surface area contributed by atoms with E-state index in [1.165, 1.54) is 5.56 Å². The third kappa shape index (κ3) is 4.67. The molecular formula is C18H26N2O2. The summed E-state index contributed by atoms with van der Waals surface area (Å²) in [6.45, 7) is 5.69. The van der Waals surface area contributed by atoms with Crippen molar-refractivity contribution in [1.82, 2.24) is 4.90 Å². The molecule has 4 heteroatoms. The molecule has 1 atom stereocenters. The van der Waals surface area contributed by atoms with E-state index in [-0.39, 0.29) is 30.6 Å². The van der Waals surface area contributed by atoms with Gasteiger partial charge in [-0.15, -0.1) is 0 Å². The van der Waals surface area contributed by atoms with Gasteiger partial charge >= 0.3 is 0 Å². The quantitative estimate of drug-likeness (QED) is 0.821. The van der Waals surface area contributed by atoms with Crippen LogP contribution in [0.25, 0.3) is 0 Å². The van der Waals surface area contributed by atoms with Crippen molar-refractivity contribution in [3.8, 4) is 0 Å². The maximum atomic E-state index is 12.2. The van der Waals surface area contributed by atoms with Crippen LogP contribution in [0.15, 0.2) is 24.3 Å². The second kappa shape index (κ2) is 7.54. The molecule has 0 aromatic heterocycles. The molecule has 120 valence electrons. The van der Waals surface area contributed by atoms with E-state index in [1.807, 2.05) is 24.3 Å². The van der Waals surface area contributed by atoms with E-state index in [0.29, 0.717) is 18.0 Å². The maximum Gasteiger partial charge on any atom is 0.223 e. The first-order valence-electron chi connectivity index (χ1n) is 8.11. The fourth-order valence-corrected chi connectivity index (χ4v) is 2.83. The van der Waals surface area contributed by atoms with Crippen molar-refractivity contribution in [3.05, 3.63) is 35.4 Å². The minimum absolute atomic E-state index is 0.0351. The first kappa shape index (κ1) is 16.7. The van der Waals surface area contributed by atoms with E-state index in [1.54, 1.807) is 4.90 Å². The van der Waals surface area contributed by atoms with E-state index < -0.39 is 0 Å². The number of carbonyl (C=O) groups is 2. The van der Waals surface area contributed by atoms with E-state index in [0.717, 1.165) is 19.4 Å². The van der Waals surface area contributed by atoms with Crippen molar-refractivity contribution in [1.29, 1.82) is 0 Å². The van der Waals surface area contributed by atoms with Gasteiger partial charge in [-0.25, -0.2) is 0 Å². The number of rotatable bonds is 6. The molecule has 1 heterocycles. The Kier molecular flexibility index (Phi) is 5.72. The SMILES string of the molecule is CC(C)Cc1ccc(C(=O)CCC(=O)N2CC[C@@H](N)C2)cc1. The molecule has 2 rings (SSSR count). The Morgan fingerprint density at radius 1 is 1.23 bits per heavy atom. The van der Waals surface area contributed by atoms with Gasteiger partial charge in [0.15, 0.2) is 5.78 Å². The van der Waals surface area contributed by atoms with Crippen LogP contribution in [0.3, 0.4) is 0 Å². The Morgan fingerprint density at radius 3 is 2.45 bits per heavy atom. The monoisotopic (exact) mass is 302 g/mol. The van der Waals surface area contributed by atoms with Gasteiger partial charge in [-0.05, 0) is 24.3 Å². The highest BCUT2D eigenvalue weighted by atomic mass is 16.2. The summed E-state index contributed by atoms with van der Waals surface area (Å²) in [5, 5.41) is 0. The van der Waals surface area contributed by atoms with Crippen molar-refractivity contribution in [2.45, 2.75) is 45.6 Å². The zero-order chi connectivity index (χ0) is 16.1. The van der Waals surface area contributed by atoms with Gasteiger partial charge < -0.3 is 10.6 Å². The number of hydrogen-bond donors (Lipinski definition) is 1. The summed E-state index contributed by atoms with van der Waals surface area (Å²) in [6, 6.07) is 7.85. The molecule has 0 unspecified atom stereocenters. The second-order valence-electron chi connectivity index (χ2n) is 6.61. The minimum atomic E-state index is 0.0351. The average molecular weight is 302 g/mol.